The van der Waals surface area contributed by atoms with Crippen molar-refractivity contribution in [2.45, 2.75) is 20.0 Å². The monoisotopic (exact) mass is 211 g/mol. The van der Waals surface area contributed by atoms with Crippen LogP contribution in [-0.4, -0.2) is 23.7 Å². The van der Waals surface area contributed by atoms with E-state index in [0.717, 1.165) is 0 Å². The summed E-state index contributed by atoms with van der Waals surface area (Å²) < 4.78 is 13.0. The lowest BCUT2D eigenvalue weighted by molar-refractivity contribution is 0.0923. The van der Waals surface area contributed by atoms with Crippen LogP contribution in [0.4, 0.5) is 4.39 Å². The van der Waals surface area contributed by atoms with Gasteiger partial charge in [-0.2, -0.15) is 0 Å². The highest BCUT2D eigenvalue weighted by Gasteiger charge is 2.08. The van der Waals surface area contributed by atoms with Gasteiger partial charge in [0.2, 0.25) is 0 Å². The summed E-state index contributed by atoms with van der Waals surface area (Å²) in [6.07, 6.45) is -0.608. The SMILES string of the molecule is Cc1cc(F)cc(C(=O)NC[C@H](C)O)c1. The van der Waals surface area contributed by atoms with E-state index in [1.165, 1.54) is 12.1 Å². The summed E-state index contributed by atoms with van der Waals surface area (Å²) >= 11 is 0. The molecule has 1 atom stereocenters. The number of amides is 1. The van der Waals surface area contributed by atoms with E-state index in [2.05, 4.69) is 5.32 Å². The third-order valence-electron chi connectivity index (χ3n) is 1.86. The molecule has 0 heterocycles. The molecule has 0 aliphatic carbocycles. The molecule has 1 rings (SSSR count). The highest BCUT2D eigenvalue weighted by atomic mass is 19.1. The first kappa shape index (κ1) is 11.7. The lowest BCUT2D eigenvalue weighted by atomic mass is 10.1. The molecule has 2 N–H and O–H groups in total. The summed E-state index contributed by atoms with van der Waals surface area (Å²) in [4.78, 5) is 11.5. The van der Waals surface area contributed by atoms with Crippen molar-refractivity contribution in [3.63, 3.8) is 0 Å². The van der Waals surface area contributed by atoms with Gasteiger partial charge in [0.1, 0.15) is 5.82 Å². The van der Waals surface area contributed by atoms with Gasteiger partial charge in [-0.15, -0.1) is 0 Å². The van der Waals surface area contributed by atoms with Crippen LogP contribution in [0.5, 0.6) is 0 Å². The Hall–Kier alpha value is -1.42. The number of aryl methyl sites for hydroxylation is 1. The number of benzene rings is 1. The normalized spacial score (nSPS) is 12.3. The minimum absolute atomic E-state index is 0.161. The smallest absolute Gasteiger partial charge is 0.251 e. The molecule has 1 amide bonds. The Morgan fingerprint density at radius 1 is 1.53 bits per heavy atom. The second kappa shape index (κ2) is 4.89. The highest BCUT2D eigenvalue weighted by Crippen LogP contribution is 2.08. The minimum Gasteiger partial charge on any atom is -0.392 e. The van der Waals surface area contributed by atoms with Gasteiger partial charge in [0.05, 0.1) is 6.10 Å². The predicted octanol–water partition coefficient (Wildman–Crippen LogP) is 1.24. The molecule has 0 aliphatic rings. The van der Waals surface area contributed by atoms with Gasteiger partial charge in [0.25, 0.3) is 5.91 Å². The molecular formula is C11H14FNO2. The van der Waals surface area contributed by atoms with E-state index in [4.69, 9.17) is 5.11 Å². The molecule has 15 heavy (non-hydrogen) atoms. The molecule has 0 aliphatic heterocycles. The molecule has 0 bridgehead atoms. The fourth-order valence-corrected chi connectivity index (χ4v) is 1.21. The van der Waals surface area contributed by atoms with Crippen molar-refractivity contribution in [1.82, 2.24) is 5.32 Å². The minimum atomic E-state index is -0.608. The summed E-state index contributed by atoms with van der Waals surface area (Å²) in [6.45, 7) is 3.44. The van der Waals surface area contributed by atoms with E-state index in [9.17, 15) is 9.18 Å². The van der Waals surface area contributed by atoms with E-state index in [1.54, 1.807) is 19.9 Å². The third-order valence-corrected chi connectivity index (χ3v) is 1.86. The number of carbonyl (C=O) groups is 1. The maximum Gasteiger partial charge on any atom is 0.251 e. The quantitative estimate of drug-likeness (QED) is 0.790. The van der Waals surface area contributed by atoms with Gasteiger partial charge >= 0.3 is 0 Å². The number of hydrogen-bond donors (Lipinski definition) is 2. The third kappa shape index (κ3) is 3.67. The molecule has 82 valence electrons. The van der Waals surface area contributed by atoms with Crippen LogP contribution in [-0.2, 0) is 0 Å². The largest absolute Gasteiger partial charge is 0.392 e. The van der Waals surface area contributed by atoms with Crippen LogP contribution in [0.2, 0.25) is 0 Å². The average Bonchev–Trinajstić information content (AvgIpc) is 2.12. The Morgan fingerprint density at radius 2 is 2.20 bits per heavy atom. The van der Waals surface area contributed by atoms with Gasteiger partial charge in [0, 0.05) is 12.1 Å². The standard InChI is InChI=1S/C11H14FNO2/c1-7-3-9(5-10(12)4-7)11(15)13-6-8(2)14/h3-5,8,14H,6H2,1-2H3,(H,13,15)/t8-/m0/s1. The van der Waals surface area contributed by atoms with Gasteiger partial charge in [-0.25, -0.2) is 4.39 Å². The predicted molar refractivity (Wildman–Crippen MR) is 55.2 cm³/mol. The Kier molecular flexibility index (Phi) is 3.80. The summed E-state index contributed by atoms with van der Waals surface area (Å²) in [7, 11) is 0. The zero-order valence-corrected chi connectivity index (χ0v) is 8.75. The van der Waals surface area contributed by atoms with E-state index in [1.807, 2.05) is 0 Å². The van der Waals surface area contributed by atoms with E-state index in [0.29, 0.717) is 5.56 Å². The molecule has 0 spiro atoms. The first-order valence-electron chi connectivity index (χ1n) is 4.72. The molecule has 0 radical (unpaired) electrons. The fourth-order valence-electron chi connectivity index (χ4n) is 1.21. The van der Waals surface area contributed by atoms with Crippen molar-refractivity contribution in [3.8, 4) is 0 Å². The molecule has 0 fully saturated rings. The van der Waals surface area contributed by atoms with Crippen molar-refractivity contribution in [1.29, 1.82) is 0 Å². The summed E-state index contributed by atoms with van der Waals surface area (Å²) in [6, 6.07) is 4.12. The number of aliphatic hydroxyl groups excluding tert-OH is 1. The number of halogens is 1. The van der Waals surface area contributed by atoms with Crippen molar-refractivity contribution < 1.29 is 14.3 Å². The Bertz CT molecular complexity index is 343. The van der Waals surface area contributed by atoms with Gasteiger partial charge in [0.15, 0.2) is 0 Å². The number of carbonyl (C=O) groups excluding carboxylic acids is 1. The first-order chi connectivity index (χ1) is 6.99. The molecule has 0 saturated heterocycles. The maximum atomic E-state index is 13.0. The van der Waals surface area contributed by atoms with Gasteiger partial charge in [-0.1, -0.05) is 0 Å². The molecule has 1 aromatic rings. The molecular weight excluding hydrogens is 197 g/mol. The van der Waals surface area contributed by atoms with E-state index < -0.39 is 11.9 Å². The zero-order valence-electron chi connectivity index (χ0n) is 8.75. The summed E-state index contributed by atoms with van der Waals surface area (Å²) in [5.41, 5.74) is 0.963. The molecule has 0 aromatic heterocycles. The van der Waals surface area contributed by atoms with Crippen molar-refractivity contribution in [2.75, 3.05) is 6.54 Å². The van der Waals surface area contributed by atoms with Crippen molar-refractivity contribution >= 4 is 5.91 Å². The van der Waals surface area contributed by atoms with Crippen LogP contribution in [0.3, 0.4) is 0 Å². The van der Waals surface area contributed by atoms with Crippen LogP contribution < -0.4 is 5.32 Å². The van der Waals surface area contributed by atoms with Crippen LogP contribution in [0.1, 0.15) is 22.8 Å². The first-order valence-corrected chi connectivity index (χ1v) is 4.72. The Morgan fingerprint density at radius 3 is 2.73 bits per heavy atom. The molecule has 4 heteroatoms. The number of rotatable bonds is 3. The van der Waals surface area contributed by atoms with Gasteiger partial charge in [-0.3, -0.25) is 4.79 Å². The Balaban J connectivity index is 2.73. The molecule has 0 saturated carbocycles. The number of hydrogen-bond acceptors (Lipinski definition) is 2. The van der Waals surface area contributed by atoms with Gasteiger partial charge in [-0.05, 0) is 37.6 Å². The molecule has 1 aromatic carbocycles. The van der Waals surface area contributed by atoms with Crippen molar-refractivity contribution in [2.24, 2.45) is 0 Å². The second-order valence-electron chi connectivity index (χ2n) is 3.58. The van der Waals surface area contributed by atoms with Crippen LogP contribution >= 0.6 is 0 Å². The highest BCUT2D eigenvalue weighted by molar-refractivity contribution is 5.94. The van der Waals surface area contributed by atoms with E-state index >= 15 is 0 Å². The maximum absolute atomic E-state index is 13.0. The number of nitrogens with one attached hydrogen (secondary N) is 1. The van der Waals surface area contributed by atoms with Crippen LogP contribution in [0.25, 0.3) is 0 Å². The second-order valence-corrected chi connectivity index (χ2v) is 3.58. The summed E-state index contributed by atoms with van der Waals surface area (Å²) in [5, 5.41) is 11.5. The fraction of sp³-hybridized carbons (Fsp3) is 0.364. The number of aliphatic hydroxyl groups is 1. The zero-order chi connectivity index (χ0) is 11.4. The lowest BCUT2D eigenvalue weighted by Gasteiger charge is -2.07. The van der Waals surface area contributed by atoms with E-state index in [-0.39, 0.29) is 18.0 Å². The Labute approximate surface area is 87.9 Å². The molecule has 3 nitrogen and oxygen atoms in total. The van der Waals surface area contributed by atoms with Crippen molar-refractivity contribution in [3.05, 3.63) is 35.1 Å². The summed E-state index contributed by atoms with van der Waals surface area (Å²) in [5.74, 6) is -0.810. The lowest BCUT2D eigenvalue weighted by Crippen LogP contribution is -2.30. The van der Waals surface area contributed by atoms with Crippen LogP contribution in [0.15, 0.2) is 18.2 Å². The topological polar surface area (TPSA) is 49.3 Å². The molecule has 0 unspecified atom stereocenters. The van der Waals surface area contributed by atoms with Gasteiger partial charge < -0.3 is 10.4 Å². The van der Waals surface area contributed by atoms with Crippen LogP contribution in [0, 0.1) is 12.7 Å². The average molecular weight is 211 g/mol.